The molecule has 0 saturated carbocycles. The molecule has 0 aromatic heterocycles. The number of rotatable bonds is 8. The first-order valence-corrected chi connectivity index (χ1v) is 7.86. The number of amides is 1. The van der Waals surface area contributed by atoms with Gasteiger partial charge in [0.1, 0.15) is 0 Å². The van der Waals surface area contributed by atoms with E-state index in [2.05, 4.69) is 18.7 Å². The topological polar surface area (TPSA) is 58.8 Å². The predicted molar refractivity (Wildman–Crippen MR) is 81.6 cm³/mol. The van der Waals surface area contributed by atoms with Gasteiger partial charge < -0.3 is 15.4 Å². The molecule has 0 aromatic carbocycles. The lowest BCUT2D eigenvalue weighted by atomic mass is 10.1. The normalized spacial score (nSPS) is 19.1. The van der Waals surface area contributed by atoms with Gasteiger partial charge in [0.15, 0.2) is 0 Å². The van der Waals surface area contributed by atoms with Gasteiger partial charge in [-0.1, -0.05) is 6.92 Å². The first-order valence-electron chi connectivity index (χ1n) is 7.86. The van der Waals surface area contributed by atoms with E-state index in [1.807, 2.05) is 4.90 Å². The number of nitrogens with zero attached hydrogens (tertiary/aromatic N) is 2. The molecule has 0 spiro atoms. The Kier molecular flexibility index (Phi) is 8.11. The molecule has 0 aromatic rings. The van der Waals surface area contributed by atoms with Crippen LogP contribution < -0.4 is 5.73 Å². The summed E-state index contributed by atoms with van der Waals surface area (Å²) < 4.78 is 5.22. The van der Waals surface area contributed by atoms with Crippen LogP contribution in [0.25, 0.3) is 0 Å². The zero-order valence-electron chi connectivity index (χ0n) is 13.3. The van der Waals surface area contributed by atoms with Crippen molar-refractivity contribution < 1.29 is 9.53 Å². The third-order valence-electron chi connectivity index (χ3n) is 4.20. The summed E-state index contributed by atoms with van der Waals surface area (Å²) in [5, 5.41) is 0. The van der Waals surface area contributed by atoms with Crippen LogP contribution in [0.1, 0.15) is 39.5 Å². The van der Waals surface area contributed by atoms with Gasteiger partial charge in [0, 0.05) is 45.2 Å². The Morgan fingerprint density at radius 2 is 2.00 bits per heavy atom. The number of carbonyl (C=O) groups is 1. The van der Waals surface area contributed by atoms with Crippen molar-refractivity contribution in [3.63, 3.8) is 0 Å². The minimum atomic E-state index is 0.111. The Hall–Kier alpha value is -0.650. The van der Waals surface area contributed by atoms with Crippen LogP contribution in [0.2, 0.25) is 0 Å². The van der Waals surface area contributed by atoms with Crippen molar-refractivity contribution in [2.24, 2.45) is 5.73 Å². The van der Waals surface area contributed by atoms with Crippen LogP contribution in [-0.4, -0.2) is 67.7 Å². The van der Waals surface area contributed by atoms with Crippen LogP contribution in [0, 0.1) is 0 Å². The van der Waals surface area contributed by atoms with E-state index < -0.39 is 0 Å². The SMILES string of the molecule is CCN(C(C)COC)C(CN)CC(=O)N1CCCCC1. The molecule has 118 valence electrons. The third-order valence-corrected chi connectivity index (χ3v) is 4.20. The largest absolute Gasteiger partial charge is 0.383 e. The van der Waals surface area contributed by atoms with Gasteiger partial charge in [-0.05, 0) is 32.7 Å². The van der Waals surface area contributed by atoms with Gasteiger partial charge in [-0.25, -0.2) is 0 Å². The highest BCUT2D eigenvalue weighted by molar-refractivity contribution is 5.77. The molecule has 5 heteroatoms. The fraction of sp³-hybridized carbons (Fsp3) is 0.933. The second-order valence-electron chi connectivity index (χ2n) is 5.67. The monoisotopic (exact) mass is 285 g/mol. The fourth-order valence-corrected chi connectivity index (χ4v) is 3.08. The van der Waals surface area contributed by atoms with Gasteiger partial charge in [-0.3, -0.25) is 9.69 Å². The van der Waals surface area contributed by atoms with Crippen molar-refractivity contribution in [2.75, 3.05) is 39.9 Å². The molecule has 5 nitrogen and oxygen atoms in total. The second-order valence-corrected chi connectivity index (χ2v) is 5.67. The summed E-state index contributed by atoms with van der Waals surface area (Å²) in [6.45, 7) is 8.14. The van der Waals surface area contributed by atoms with E-state index in [4.69, 9.17) is 10.5 Å². The smallest absolute Gasteiger partial charge is 0.224 e. The summed E-state index contributed by atoms with van der Waals surface area (Å²) in [5.41, 5.74) is 5.91. The van der Waals surface area contributed by atoms with Crippen molar-refractivity contribution in [1.82, 2.24) is 9.80 Å². The Morgan fingerprint density at radius 3 is 2.50 bits per heavy atom. The molecule has 2 N–H and O–H groups in total. The zero-order valence-corrected chi connectivity index (χ0v) is 13.3. The molecule has 0 bridgehead atoms. The Balaban J connectivity index is 2.56. The maximum atomic E-state index is 12.4. The number of likely N-dealkylation sites (tertiary alicyclic amines) is 1. The maximum absolute atomic E-state index is 12.4. The minimum Gasteiger partial charge on any atom is -0.383 e. The summed E-state index contributed by atoms with van der Waals surface area (Å²) >= 11 is 0. The quantitative estimate of drug-likeness (QED) is 0.725. The molecule has 0 aliphatic carbocycles. The highest BCUT2D eigenvalue weighted by Crippen LogP contribution is 2.14. The molecule has 2 atom stereocenters. The molecule has 1 heterocycles. The van der Waals surface area contributed by atoms with E-state index in [0.717, 1.165) is 32.5 Å². The molecule has 20 heavy (non-hydrogen) atoms. The summed E-state index contributed by atoms with van der Waals surface area (Å²) in [5.74, 6) is 0.253. The van der Waals surface area contributed by atoms with E-state index >= 15 is 0 Å². The van der Waals surface area contributed by atoms with Crippen molar-refractivity contribution in [3.8, 4) is 0 Å². The van der Waals surface area contributed by atoms with Crippen LogP contribution >= 0.6 is 0 Å². The third kappa shape index (κ3) is 5.04. The predicted octanol–water partition coefficient (Wildman–Crippen LogP) is 1.07. The van der Waals surface area contributed by atoms with Crippen LogP contribution in [0.3, 0.4) is 0 Å². The average Bonchev–Trinajstić information content (AvgIpc) is 2.48. The Labute approximate surface area is 123 Å². The fourth-order valence-electron chi connectivity index (χ4n) is 3.08. The standard InChI is InChI=1S/C15H31N3O2/c1-4-18(13(2)12-20-3)14(11-16)10-15(19)17-8-6-5-7-9-17/h13-14H,4-12,16H2,1-3H3. The lowest BCUT2D eigenvalue weighted by Crippen LogP contribution is -2.50. The maximum Gasteiger partial charge on any atom is 0.224 e. The molecule has 1 fully saturated rings. The van der Waals surface area contributed by atoms with E-state index in [1.54, 1.807) is 7.11 Å². The van der Waals surface area contributed by atoms with Crippen molar-refractivity contribution >= 4 is 5.91 Å². The van der Waals surface area contributed by atoms with Gasteiger partial charge >= 0.3 is 0 Å². The van der Waals surface area contributed by atoms with Gasteiger partial charge in [-0.15, -0.1) is 0 Å². The van der Waals surface area contributed by atoms with Crippen LogP contribution in [0.4, 0.5) is 0 Å². The molecule has 1 amide bonds. The summed E-state index contributed by atoms with van der Waals surface area (Å²) in [6, 6.07) is 0.396. The van der Waals surface area contributed by atoms with Gasteiger partial charge in [0.05, 0.1) is 6.61 Å². The number of hydrogen-bond donors (Lipinski definition) is 1. The van der Waals surface area contributed by atoms with Crippen molar-refractivity contribution in [1.29, 1.82) is 0 Å². The zero-order chi connectivity index (χ0) is 15.0. The highest BCUT2D eigenvalue weighted by atomic mass is 16.5. The van der Waals surface area contributed by atoms with E-state index in [9.17, 15) is 4.79 Å². The molecule has 0 radical (unpaired) electrons. The number of methoxy groups -OCH3 is 1. The van der Waals surface area contributed by atoms with Crippen molar-refractivity contribution in [3.05, 3.63) is 0 Å². The Bertz CT molecular complexity index is 280. The number of nitrogens with two attached hydrogens (primary N) is 1. The summed E-state index contributed by atoms with van der Waals surface area (Å²) in [7, 11) is 1.71. The molecule has 1 rings (SSSR count). The van der Waals surface area contributed by atoms with E-state index in [-0.39, 0.29) is 18.0 Å². The number of piperidine rings is 1. The number of hydrogen-bond acceptors (Lipinski definition) is 4. The van der Waals surface area contributed by atoms with Crippen LogP contribution in [0.5, 0.6) is 0 Å². The highest BCUT2D eigenvalue weighted by Gasteiger charge is 2.26. The summed E-state index contributed by atoms with van der Waals surface area (Å²) in [6.07, 6.45) is 4.04. The molecular weight excluding hydrogens is 254 g/mol. The number of ether oxygens (including phenoxy) is 1. The van der Waals surface area contributed by atoms with Crippen molar-refractivity contribution in [2.45, 2.75) is 51.6 Å². The van der Waals surface area contributed by atoms with Crippen LogP contribution in [0.15, 0.2) is 0 Å². The molecule has 1 aliphatic rings. The van der Waals surface area contributed by atoms with Gasteiger partial charge in [0.2, 0.25) is 5.91 Å². The first-order chi connectivity index (χ1) is 9.63. The molecule has 2 unspecified atom stereocenters. The molecule has 1 saturated heterocycles. The van der Waals surface area contributed by atoms with Gasteiger partial charge in [0.25, 0.3) is 0 Å². The summed E-state index contributed by atoms with van der Waals surface area (Å²) in [4.78, 5) is 16.7. The van der Waals surface area contributed by atoms with E-state index in [0.29, 0.717) is 19.6 Å². The lowest BCUT2D eigenvalue weighted by Gasteiger charge is -2.36. The Morgan fingerprint density at radius 1 is 1.35 bits per heavy atom. The van der Waals surface area contributed by atoms with Crippen LogP contribution in [-0.2, 0) is 9.53 Å². The van der Waals surface area contributed by atoms with E-state index in [1.165, 1.54) is 6.42 Å². The first kappa shape index (κ1) is 17.4. The molecule has 1 aliphatic heterocycles. The molecular formula is C15H31N3O2. The average molecular weight is 285 g/mol. The second kappa shape index (κ2) is 9.32. The minimum absolute atomic E-state index is 0.111. The van der Waals surface area contributed by atoms with Gasteiger partial charge in [-0.2, -0.15) is 0 Å². The number of likely N-dealkylation sites (N-methyl/N-ethyl adjacent to an activating group) is 1. The number of carbonyl (C=O) groups excluding carboxylic acids is 1. The lowest BCUT2D eigenvalue weighted by molar-refractivity contribution is -0.133.